The predicted molar refractivity (Wildman–Crippen MR) is 121 cm³/mol. The van der Waals surface area contributed by atoms with Gasteiger partial charge in [0.2, 0.25) is 0 Å². The minimum atomic E-state index is -0.183. The number of ether oxygens (including phenoxy) is 3. The predicted octanol–water partition coefficient (Wildman–Crippen LogP) is 5.03. The number of hydrogen-bond acceptors (Lipinski definition) is 7. The van der Waals surface area contributed by atoms with Crippen molar-refractivity contribution in [1.82, 2.24) is 4.98 Å². The summed E-state index contributed by atoms with van der Waals surface area (Å²) >= 11 is 3.35. The molecule has 2 aromatic carbocycles. The number of aromatic nitrogens is 1. The van der Waals surface area contributed by atoms with Crippen LogP contribution >= 0.6 is 23.1 Å². The number of amides is 1. The van der Waals surface area contributed by atoms with Crippen molar-refractivity contribution in [1.29, 1.82) is 0 Å². The first-order valence-corrected chi connectivity index (χ1v) is 11.2. The van der Waals surface area contributed by atoms with Gasteiger partial charge in [0, 0.05) is 41.3 Å². The van der Waals surface area contributed by atoms with Crippen LogP contribution in [0.15, 0.2) is 52.2 Å². The molecule has 158 valence electrons. The van der Waals surface area contributed by atoms with Crippen molar-refractivity contribution in [3.8, 4) is 11.5 Å². The number of thiazole rings is 1. The van der Waals surface area contributed by atoms with Crippen molar-refractivity contribution < 1.29 is 19.0 Å². The van der Waals surface area contributed by atoms with Crippen LogP contribution in [0.2, 0.25) is 0 Å². The van der Waals surface area contributed by atoms with E-state index in [0.717, 1.165) is 21.3 Å². The van der Waals surface area contributed by atoms with Crippen molar-refractivity contribution in [2.24, 2.45) is 0 Å². The Labute approximate surface area is 184 Å². The fourth-order valence-corrected chi connectivity index (χ4v) is 4.41. The molecule has 0 aliphatic carbocycles. The van der Waals surface area contributed by atoms with Gasteiger partial charge in [-0.25, -0.2) is 4.98 Å². The van der Waals surface area contributed by atoms with E-state index in [9.17, 15) is 4.79 Å². The Morgan fingerprint density at radius 3 is 2.57 bits per heavy atom. The van der Waals surface area contributed by atoms with E-state index in [1.165, 1.54) is 0 Å². The molecule has 6 nitrogen and oxygen atoms in total. The van der Waals surface area contributed by atoms with Gasteiger partial charge in [-0.05, 0) is 36.8 Å². The maximum absolute atomic E-state index is 12.6. The number of carbonyl (C=O) groups is 1. The third-order valence-corrected chi connectivity index (χ3v) is 6.35. The summed E-state index contributed by atoms with van der Waals surface area (Å²) in [4.78, 5) is 17.1. The number of thioether (sulfide) groups is 1. The average molecular weight is 445 g/mol. The average Bonchev–Trinajstić information content (AvgIpc) is 3.18. The summed E-state index contributed by atoms with van der Waals surface area (Å²) in [5.41, 5.74) is 3.40. The standard InChI is InChI=1S/C22H24N2O4S2/c1-15-13-29-22(23-15)30-14-16-4-6-17(7-5-16)21(25)24-18-8-9-19(27-3)20(12-18)28-11-10-26-2/h4-9,12-13H,10-11,14H2,1-3H3,(H,24,25). The summed E-state index contributed by atoms with van der Waals surface area (Å²) in [7, 11) is 3.19. The zero-order valence-electron chi connectivity index (χ0n) is 17.1. The molecule has 0 radical (unpaired) electrons. The Hall–Kier alpha value is -2.55. The number of benzene rings is 2. The molecule has 0 spiro atoms. The molecule has 1 amide bonds. The van der Waals surface area contributed by atoms with Gasteiger partial charge in [-0.15, -0.1) is 11.3 Å². The van der Waals surface area contributed by atoms with Crippen LogP contribution in [0.1, 0.15) is 21.6 Å². The highest BCUT2D eigenvalue weighted by Crippen LogP contribution is 2.30. The van der Waals surface area contributed by atoms with E-state index in [2.05, 4.69) is 10.3 Å². The maximum atomic E-state index is 12.6. The molecule has 0 bridgehead atoms. The molecule has 0 saturated carbocycles. The maximum Gasteiger partial charge on any atom is 0.255 e. The molecule has 3 rings (SSSR count). The Kier molecular flexibility index (Phi) is 8.12. The van der Waals surface area contributed by atoms with E-state index in [1.807, 2.05) is 36.6 Å². The first-order valence-electron chi connectivity index (χ1n) is 9.34. The minimum Gasteiger partial charge on any atom is -0.493 e. The number of rotatable bonds is 10. The second kappa shape index (κ2) is 11.0. The van der Waals surface area contributed by atoms with Crippen LogP contribution in [0.3, 0.4) is 0 Å². The summed E-state index contributed by atoms with van der Waals surface area (Å²) in [5, 5.41) is 4.95. The molecular formula is C22H24N2O4S2. The van der Waals surface area contributed by atoms with E-state index in [0.29, 0.717) is 36.0 Å². The number of anilines is 1. The molecule has 1 aromatic heterocycles. The smallest absolute Gasteiger partial charge is 0.255 e. The van der Waals surface area contributed by atoms with Crippen molar-refractivity contribution in [2.75, 3.05) is 32.8 Å². The fraction of sp³-hybridized carbons (Fsp3) is 0.273. The Balaban J connectivity index is 1.60. The van der Waals surface area contributed by atoms with Gasteiger partial charge in [0.1, 0.15) is 10.9 Å². The first kappa shape index (κ1) is 22.1. The molecule has 0 saturated heterocycles. The van der Waals surface area contributed by atoms with Gasteiger partial charge in [0.25, 0.3) is 5.91 Å². The lowest BCUT2D eigenvalue weighted by Gasteiger charge is -2.13. The van der Waals surface area contributed by atoms with E-state index in [-0.39, 0.29) is 5.91 Å². The van der Waals surface area contributed by atoms with Gasteiger partial charge in [0.05, 0.1) is 13.7 Å². The van der Waals surface area contributed by atoms with Crippen LogP contribution in [0, 0.1) is 6.92 Å². The van der Waals surface area contributed by atoms with Gasteiger partial charge in [-0.1, -0.05) is 23.9 Å². The van der Waals surface area contributed by atoms with Crippen molar-refractivity contribution in [3.05, 3.63) is 64.7 Å². The van der Waals surface area contributed by atoms with Gasteiger partial charge >= 0.3 is 0 Å². The van der Waals surface area contributed by atoms with E-state index < -0.39 is 0 Å². The van der Waals surface area contributed by atoms with Crippen LogP contribution < -0.4 is 14.8 Å². The largest absolute Gasteiger partial charge is 0.493 e. The third-order valence-electron chi connectivity index (χ3n) is 4.14. The van der Waals surface area contributed by atoms with Crippen molar-refractivity contribution in [3.63, 3.8) is 0 Å². The van der Waals surface area contributed by atoms with Gasteiger partial charge in [-0.2, -0.15) is 0 Å². The van der Waals surface area contributed by atoms with E-state index >= 15 is 0 Å². The highest BCUT2D eigenvalue weighted by Gasteiger charge is 2.10. The topological polar surface area (TPSA) is 69.7 Å². The molecule has 0 unspecified atom stereocenters. The van der Waals surface area contributed by atoms with Crippen LogP contribution in [0.4, 0.5) is 5.69 Å². The Morgan fingerprint density at radius 1 is 1.10 bits per heavy atom. The number of carbonyl (C=O) groups excluding carboxylic acids is 1. The summed E-state index contributed by atoms with van der Waals surface area (Å²) in [6.45, 7) is 2.85. The Bertz CT molecular complexity index is 974. The highest BCUT2D eigenvalue weighted by molar-refractivity contribution is 8.00. The van der Waals surface area contributed by atoms with E-state index in [1.54, 1.807) is 55.5 Å². The van der Waals surface area contributed by atoms with Gasteiger partial charge in [-0.3, -0.25) is 4.79 Å². The minimum absolute atomic E-state index is 0.183. The molecular weight excluding hydrogens is 420 g/mol. The van der Waals surface area contributed by atoms with Crippen LogP contribution in [0.5, 0.6) is 11.5 Å². The lowest BCUT2D eigenvalue weighted by atomic mass is 10.1. The van der Waals surface area contributed by atoms with Crippen molar-refractivity contribution >= 4 is 34.7 Å². The van der Waals surface area contributed by atoms with Gasteiger partial charge < -0.3 is 19.5 Å². The van der Waals surface area contributed by atoms with E-state index in [4.69, 9.17) is 14.2 Å². The number of nitrogens with zero attached hydrogens (tertiary/aromatic N) is 1. The molecule has 0 atom stereocenters. The van der Waals surface area contributed by atoms with Gasteiger partial charge in [0.15, 0.2) is 11.5 Å². The zero-order valence-corrected chi connectivity index (χ0v) is 18.8. The normalized spacial score (nSPS) is 10.6. The summed E-state index contributed by atoms with van der Waals surface area (Å²) in [6, 6.07) is 12.9. The first-order chi connectivity index (χ1) is 14.6. The lowest BCUT2D eigenvalue weighted by molar-refractivity contribution is 0.102. The zero-order chi connectivity index (χ0) is 21.3. The number of nitrogens with one attached hydrogen (secondary N) is 1. The number of hydrogen-bond donors (Lipinski definition) is 1. The quantitative estimate of drug-likeness (QED) is 0.349. The Morgan fingerprint density at radius 2 is 1.90 bits per heavy atom. The molecule has 3 aromatic rings. The van der Waals surface area contributed by atoms with Crippen LogP contribution in [0.25, 0.3) is 0 Å². The number of aryl methyl sites for hydroxylation is 1. The van der Waals surface area contributed by atoms with Crippen LogP contribution in [-0.2, 0) is 10.5 Å². The highest BCUT2D eigenvalue weighted by atomic mass is 32.2. The SMILES string of the molecule is COCCOc1cc(NC(=O)c2ccc(CSc3nc(C)cs3)cc2)ccc1OC. The second-order valence-corrected chi connectivity index (χ2v) is 8.48. The van der Waals surface area contributed by atoms with Crippen LogP contribution in [-0.4, -0.2) is 38.3 Å². The summed E-state index contributed by atoms with van der Waals surface area (Å²) in [5.74, 6) is 1.78. The lowest BCUT2D eigenvalue weighted by Crippen LogP contribution is -2.12. The second-order valence-electron chi connectivity index (χ2n) is 6.40. The number of methoxy groups -OCH3 is 2. The molecule has 1 N–H and O–H groups in total. The monoisotopic (exact) mass is 444 g/mol. The molecule has 0 fully saturated rings. The van der Waals surface area contributed by atoms with Crippen molar-refractivity contribution in [2.45, 2.75) is 17.0 Å². The fourth-order valence-electron chi connectivity index (χ4n) is 2.60. The third kappa shape index (κ3) is 6.22. The molecule has 8 heteroatoms. The molecule has 0 aliphatic rings. The molecule has 30 heavy (non-hydrogen) atoms. The molecule has 0 aliphatic heterocycles. The molecule has 1 heterocycles. The summed E-state index contributed by atoms with van der Waals surface area (Å²) < 4.78 is 17.0. The summed E-state index contributed by atoms with van der Waals surface area (Å²) in [6.07, 6.45) is 0.